The molecule has 5 aliphatic heterocycles. The van der Waals surface area contributed by atoms with Crippen LogP contribution in [0, 0.1) is 11.8 Å². The zero-order valence-corrected chi connectivity index (χ0v) is 25.1. The number of hydrogen-bond acceptors (Lipinski definition) is 7. The van der Waals surface area contributed by atoms with Crippen molar-refractivity contribution in [1.82, 2.24) is 5.32 Å². The molecule has 0 radical (unpaired) electrons. The standard InChI is InChI=1S/C34H38N4O4/c1-7-8-20-15(2)23-14-28-31(19(6)39)17(4)25(36-28)12-24-16(3)21(9-10-30(41)42)33(37-24)22-11-29(40)32-18(5)26(38-34(22)32)13-27(20)35-23/h12-14,16,19,21,37,39-40H,7-11H2,1-6H3,(H,41,42)/t16-,19?,21-/m0/s1. The SMILES string of the molecule is CCCC1=C(C)C2=NC1=CC1=C(C)C3=C(O)CC(=C4NC(=CC5=NC(=C2)C(C(C)O)=C5C)[C@@H](C)[C@@H]4CCC(=O)O)C3=N1. The molecule has 5 heterocycles. The minimum absolute atomic E-state index is 0.00734. The topological polar surface area (TPSA) is 127 Å². The largest absolute Gasteiger partial charge is 0.511 e. The predicted octanol–water partition coefficient (Wildman–Crippen LogP) is 6.29. The number of aliphatic imine (C=N–C) groups is 3. The van der Waals surface area contributed by atoms with Crippen molar-refractivity contribution in [3.8, 4) is 0 Å². The fourth-order valence-corrected chi connectivity index (χ4v) is 7.05. The van der Waals surface area contributed by atoms with E-state index >= 15 is 0 Å². The van der Waals surface area contributed by atoms with Gasteiger partial charge in [0.15, 0.2) is 0 Å². The number of allylic oxidation sites excluding steroid dienone is 11. The predicted molar refractivity (Wildman–Crippen MR) is 165 cm³/mol. The molecule has 1 saturated heterocycles. The number of aliphatic hydroxyl groups excluding tert-OH is 2. The Morgan fingerprint density at radius 1 is 1.05 bits per heavy atom. The van der Waals surface area contributed by atoms with Gasteiger partial charge in [-0.2, -0.15) is 0 Å². The van der Waals surface area contributed by atoms with E-state index in [1.54, 1.807) is 6.92 Å². The normalized spacial score (nSPS) is 25.6. The molecule has 0 spiro atoms. The Kier molecular flexibility index (Phi) is 6.92. The third kappa shape index (κ3) is 4.40. The fraction of sp³-hybridized carbons (Fsp3) is 0.412. The first kappa shape index (κ1) is 28.1. The number of fused-ring (bicyclic) bond motifs is 5. The van der Waals surface area contributed by atoms with Gasteiger partial charge in [-0.1, -0.05) is 20.3 Å². The molecule has 8 bridgehead atoms. The summed E-state index contributed by atoms with van der Waals surface area (Å²) in [5.41, 5.74) is 13.1. The van der Waals surface area contributed by atoms with Crippen molar-refractivity contribution in [2.24, 2.45) is 26.8 Å². The number of aliphatic hydroxyl groups is 2. The lowest BCUT2D eigenvalue weighted by molar-refractivity contribution is -0.137. The van der Waals surface area contributed by atoms with E-state index in [1.165, 1.54) is 0 Å². The van der Waals surface area contributed by atoms with Crippen LogP contribution in [-0.4, -0.2) is 44.5 Å². The smallest absolute Gasteiger partial charge is 0.303 e. The number of rotatable bonds is 6. The van der Waals surface area contributed by atoms with Gasteiger partial charge in [0, 0.05) is 52.8 Å². The Bertz CT molecular complexity index is 1680. The van der Waals surface area contributed by atoms with E-state index in [4.69, 9.17) is 15.0 Å². The average Bonchev–Trinajstić information content (AvgIpc) is 3.67. The maximum absolute atomic E-state index is 11.6. The molecule has 0 aromatic rings. The highest BCUT2D eigenvalue weighted by atomic mass is 16.4. The number of carbonyl (C=O) groups is 1. The second-order valence-corrected chi connectivity index (χ2v) is 12.0. The molecule has 0 aromatic carbocycles. The van der Waals surface area contributed by atoms with Gasteiger partial charge in [-0.05, 0) is 81.1 Å². The molecular formula is C34H38N4O4. The van der Waals surface area contributed by atoms with Gasteiger partial charge >= 0.3 is 5.97 Å². The monoisotopic (exact) mass is 566 g/mol. The zero-order valence-electron chi connectivity index (χ0n) is 25.1. The number of aliphatic carboxylic acids is 1. The Labute approximate surface area is 246 Å². The minimum Gasteiger partial charge on any atom is -0.511 e. The van der Waals surface area contributed by atoms with Crippen LogP contribution in [-0.2, 0) is 4.79 Å². The van der Waals surface area contributed by atoms with E-state index in [9.17, 15) is 20.1 Å². The third-order valence-electron chi connectivity index (χ3n) is 9.33. The minimum atomic E-state index is -0.835. The maximum Gasteiger partial charge on any atom is 0.303 e. The van der Waals surface area contributed by atoms with Gasteiger partial charge in [0.1, 0.15) is 5.76 Å². The van der Waals surface area contributed by atoms with Gasteiger partial charge in [0.2, 0.25) is 0 Å². The van der Waals surface area contributed by atoms with Crippen molar-refractivity contribution < 1.29 is 20.1 Å². The molecule has 1 fully saturated rings. The molecule has 42 heavy (non-hydrogen) atoms. The van der Waals surface area contributed by atoms with Crippen molar-refractivity contribution in [2.45, 2.75) is 79.8 Å². The van der Waals surface area contributed by atoms with Crippen molar-refractivity contribution in [2.75, 3.05) is 0 Å². The molecule has 6 rings (SSSR count). The van der Waals surface area contributed by atoms with Crippen molar-refractivity contribution in [3.05, 3.63) is 91.5 Å². The van der Waals surface area contributed by atoms with Crippen molar-refractivity contribution in [3.63, 3.8) is 0 Å². The molecule has 8 nitrogen and oxygen atoms in total. The second-order valence-electron chi connectivity index (χ2n) is 12.0. The van der Waals surface area contributed by atoms with Crippen LogP contribution in [0.3, 0.4) is 0 Å². The summed E-state index contributed by atoms with van der Waals surface area (Å²) in [6.07, 6.45) is 7.99. The highest BCUT2D eigenvalue weighted by molar-refractivity contribution is 6.21. The van der Waals surface area contributed by atoms with Crippen LogP contribution in [0.5, 0.6) is 0 Å². The lowest BCUT2D eigenvalue weighted by Crippen LogP contribution is -2.15. The molecule has 218 valence electrons. The molecule has 0 saturated carbocycles. The van der Waals surface area contributed by atoms with E-state index in [1.807, 2.05) is 32.1 Å². The number of nitrogens with zero attached hydrogens (tertiary/aromatic N) is 3. The zero-order chi connectivity index (χ0) is 30.0. The number of carboxylic acid groups (broad SMARTS) is 1. The molecular weight excluding hydrogens is 528 g/mol. The summed E-state index contributed by atoms with van der Waals surface area (Å²) >= 11 is 0. The van der Waals surface area contributed by atoms with Crippen LogP contribution in [0.25, 0.3) is 0 Å². The molecule has 4 N–H and O–H groups in total. The van der Waals surface area contributed by atoms with E-state index in [0.29, 0.717) is 18.5 Å². The maximum atomic E-state index is 11.6. The van der Waals surface area contributed by atoms with E-state index < -0.39 is 12.1 Å². The Hall–Kier alpha value is -4.04. The van der Waals surface area contributed by atoms with Crippen LogP contribution in [0.4, 0.5) is 0 Å². The molecule has 8 heteroatoms. The van der Waals surface area contributed by atoms with Gasteiger partial charge in [-0.3, -0.25) is 4.79 Å². The van der Waals surface area contributed by atoms with Crippen LogP contribution >= 0.6 is 0 Å². The van der Waals surface area contributed by atoms with Crippen LogP contribution in [0.15, 0.2) is 106 Å². The van der Waals surface area contributed by atoms with Crippen LogP contribution in [0.2, 0.25) is 0 Å². The van der Waals surface area contributed by atoms with E-state index in [-0.39, 0.29) is 24.0 Å². The summed E-state index contributed by atoms with van der Waals surface area (Å²) in [6.45, 7) is 12.1. The first-order valence-corrected chi connectivity index (χ1v) is 14.9. The Balaban J connectivity index is 1.62. The van der Waals surface area contributed by atoms with Gasteiger partial charge in [-0.25, -0.2) is 15.0 Å². The summed E-state index contributed by atoms with van der Waals surface area (Å²) in [6, 6.07) is 0. The summed E-state index contributed by atoms with van der Waals surface area (Å²) in [7, 11) is 0. The van der Waals surface area contributed by atoms with Crippen molar-refractivity contribution >= 4 is 23.1 Å². The molecule has 0 amide bonds. The van der Waals surface area contributed by atoms with Crippen LogP contribution in [0.1, 0.15) is 73.6 Å². The van der Waals surface area contributed by atoms with Gasteiger partial charge < -0.3 is 20.6 Å². The number of hydrogen-bond donors (Lipinski definition) is 4. The summed E-state index contributed by atoms with van der Waals surface area (Å²) in [5, 5.41) is 35.1. The summed E-state index contributed by atoms with van der Waals surface area (Å²) < 4.78 is 0. The van der Waals surface area contributed by atoms with E-state index in [0.717, 1.165) is 91.8 Å². The highest BCUT2D eigenvalue weighted by Gasteiger charge is 2.41. The van der Waals surface area contributed by atoms with Gasteiger partial charge in [0.25, 0.3) is 0 Å². The third-order valence-corrected chi connectivity index (χ3v) is 9.33. The van der Waals surface area contributed by atoms with Gasteiger partial charge in [0.05, 0.1) is 40.3 Å². The van der Waals surface area contributed by atoms with E-state index in [2.05, 4.69) is 26.1 Å². The number of nitrogens with one attached hydrogen (secondary N) is 1. The fourth-order valence-electron chi connectivity index (χ4n) is 7.05. The second kappa shape index (κ2) is 10.3. The van der Waals surface area contributed by atoms with Crippen molar-refractivity contribution in [1.29, 1.82) is 0 Å². The molecule has 6 aliphatic rings. The summed E-state index contributed by atoms with van der Waals surface area (Å²) in [5.74, 6) is -0.641. The molecule has 0 aromatic heterocycles. The van der Waals surface area contributed by atoms with Crippen LogP contribution < -0.4 is 5.32 Å². The molecule has 3 atom stereocenters. The average molecular weight is 567 g/mol. The quantitative estimate of drug-likeness (QED) is 0.300. The first-order valence-electron chi connectivity index (χ1n) is 14.9. The van der Waals surface area contributed by atoms with Gasteiger partial charge in [-0.15, -0.1) is 0 Å². The lowest BCUT2D eigenvalue weighted by atomic mass is 9.86. The highest BCUT2D eigenvalue weighted by Crippen LogP contribution is 2.46. The molecule has 1 unspecified atom stereocenters. The Morgan fingerprint density at radius 3 is 2.45 bits per heavy atom. The molecule has 1 aliphatic carbocycles. The lowest BCUT2D eigenvalue weighted by Gasteiger charge is -2.17. The Morgan fingerprint density at radius 2 is 1.76 bits per heavy atom. The number of carboxylic acids is 1. The summed E-state index contributed by atoms with van der Waals surface area (Å²) in [4.78, 5) is 26.7. The first-order chi connectivity index (χ1) is 20.0.